The molecule has 1 aromatic carbocycles. The molecule has 1 aliphatic carbocycles. The van der Waals surface area contributed by atoms with Crippen molar-refractivity contribution in [1.29, 1.82) is 0 Å². The molecule has 140 valence electrons. The molecule has 2 heterocycles. The molecule has 2 aromatic heterocycles. The lowest BCUT2D eigenvalue weighted by atomic mass is 10.0. The highest BCUT2D eigenvalue weighted by molar-refractivity contribution is 7.10. The van der Waals surface area contributed by atoms with Crippen molar-refractivity contribution >= 4 is 28.6 Å². The van der Waals surface area contributed by atoms with Gasteiger partial charge < -0.3 is 5.32 Å². The van der Waals surface area contributed by atoms with E-state index in [1.807, 2.05) is 6.07 Å². The molecule has 0 saturated heterocycles. The van der Waals surface area contributed by atoms with Crippen LogP contribution < -0.4 is 5.32 Å². The van der Waals surface area contributed by atoms with Crippen molar-refractivity contribution < 1.29 is 4.79 Å². The standard InChI is InChI=1S/C22H24N2OS2/c1-16-4-6-18(7-5-16)22(20-3-2-11-27-20)23-21(25)14-24(19-8-9-19)13-17-10-12-26-15-17/h2-7,10-12,15,19,22H,8-9,13-14H2,1H3,(H,23,25). The first-order valence-electron chi connectivity index (χ1n) is 9.33. The molecule has 1 aliphatic rings. The van der Waals surface area contributed by atoms with Crippen molar-refractivity contribution in [2.24, 2.45) is 0 Å². The summed E-state index contributed by atoms with van der Waals surface area (Å²) in [6, 6.07) is 15.2. The van der Waals surface area contributed by atoms with Crippen molar-refractivity contribution in [1.82, 2.24) is 10.2 Å². The summed E-state index contributed by atoms with van der Waals surface area (Å²) in [6.45, 7) is 3.39. The molecule has 1 atom stereocenters. The number of thiophene rings is 2. The van der Waals surface area contributed by atoms with Gasteiger partial charge in [-0.1, -0.05) is 35.9 Å². The van der Waals surface area contributed by atoms with Crippen LogP contribution in [0.4, 0.5) is 0 Å². The number of carbonyl (C=O) groups is 1. The van der Waals surface area contributed by atoms with Crippen molar-refractivity contribution in [2.75, 3.05) is 6.54 Å². The maximum absolute atomic E-state index is 12.9. The normalized spacial score (nSPS) is 15.0. The Balaban J connectivity index is 1.47. The molecule has 1 amide bonds. The van der Waals surface area contributed by atoms with Crippen LogP contribution in [-0.4, -0.2) is 23.4 Å². The first-order valence-corrected chi connectivity index (χ1v) is 11.2. The maximum Gasteiger partial charge on any atom is 0.234 e. The van der Waals surface area contributed by atoms with Gasteiger partial charge in [0.2, 0.25) is 5.91 Å². The molecule has 1 saturated carbocycles. The molecule has 0 bridgehead atoms. The van der Waals surface area contributed by atoms with Gasteiger partial charge in [-0.25, -0.2) is 0 Å². The average molecular weight is 397 g/mol. The van der Waals surface area contributed by atoms with E-state index in [-0.39, 0.29) is 11.9 Å². The fourth-order valence-electron chi connectivity index (χ4n) is 3.30. The summed E-state index contributed by atoms with van der Waals surface area (Å²) < 4.78 is 0. The number of nitrogens with one attached hydrogen (secondary N) is 1. The Kier molecular flexibility index (Phi) is 5.72. The summed E-state index contributed by atoms with van der Waals surface area (Å²) in [5, 5.41) is 9.62. The van der Waals surface area contributed by atoms with E-state index in [0.29, 0.717) is 12.6 Å². The molecule has 3 nitrogen and oxygen atoms in total. The monoisotopic (exact) mass is 396 g/mol. The molecule has 0 spiro atoms. The van der Waals surface area contributed by atoms with Crippen LogP contribution >= 0.6 is 22.7 Å². The molecule has 1 N–H and O–H groups in total. The zero-order valence-corrected chi connectivity index (χ0v) is 17.1. The van der Waals surface area contributed by atoms with Crippen LogP contribution in [-0.2, 0) is 11.3 Å². The van der Waals surface area contributed by atoms with E-state index in [4.69, 9.17) is 0 Å². The fourth-order valence-corrected chi connectivity index (χ4v) is 4.76. The third kappa shape index (κ3) is 4.86. The largest absolute Gasteiger partial charge is 0.343 e. The van der Waals surface area contributed by atoms with Crippen LogP contribution in [0.3, 0.4) is 0 Å². The van der Waals surface area contributed by atoms with Crippen LogP contribution in [0.1, 0.15) is 40.5 Å². The summed E-state index contributed by atoms with van der Waals surface area (Å²) in [4.78, 5) is 16.4. The lowest BCUT2D eigenvalue weighted by Crippen LogP contribution is -2.39. The number of hydrogen-bond donors (Lipinski definition) is 1. The topological polar surface area (TPSA) is 32.3 Å². The number of benzene rings is 1. The van der Waals surface area contributed by atoms with Gasteiger partial charge in [0.15, 0.2) is 0 Å². The van der Waals surface area contributed by atoms with Crippen molar-refractivity contribution in [3.8, 4) is 0 Å². The van der Waals surface area contributed by atoms with Crippen LogP contribution in [0, 0.1) is 6.92 Å². The number of aryl methyl sites for hydroxylation is 1. The second-order valence-electron chi connectivity index (χ2n) is 7.19. The van der Waals surface area contributed by atoms with Gasteiger partial charge in [-0.05, 0) is 59.2 Å². The molecular weight excluding hydrogens is 372 g/mol. The minimum atomic E-state index is -0.0831. The average Bonchev–Trinajstić information content (AvgIpc) is 3.14. The van der Waals surface area contributed by atoms with Crippen molar-refractivity contribution in [3.63, 3.8) is 0 Å². The third-order valence-corrected chi connectivity index (χ3v) is 6.59. The maximum atomic E-state index is 12.9. The van der Waals surface area contributed by atoms with Crippen molar-refractivity contribution in [3.05, 3.63) is 80.2 Å². The number of nitrogens with zero attached hydrogens (tertiary/aromatic N) is 1. The number of rotatable bonds is 8. The predicted octanol–water partition coefficient (Wildman–Crippen LogP) is 4.99. The third-order valence-electron chi connectivity index (χ3n) is 4.92. The van der Waals surface area contributed by atoms with Crippen LogP contribution in [0.5, 0.6) is 0 Å². The summed E-state index contributed by atoms with van der Waals surface area (Å²) >= 11 is 3.40. The quantitative estimate of drug-likeness (QED) is 0.582. The van der Waals surface area contributed by atoms with Crippen LogP contribution in [0.25, 0.3) is 0 Å². The van der Waals surface area contributed by atoms with Gasteiger partial charge in [0.25, 0.3) is 0 Å². The van der Waals surface area contributed by atoms with Crippen LogP contribution in [0.2, 0.25) is 0 Å². The Morgan fingerprint density at radius 1 is 1.19 bits per heavy atom. The highest BCUT2D eigenvalue weighted by Crippen LogP contribution is 2.29. The minimum absolute atomic E-state index is 0.0831. The number of carbonyl (C=O) groups excluding carboxylic acids is 1. The fraction of sp³-hybridized carbons (Fsp3) is 0.318. The van der Waals surface area contributed by atoms with E-state index in [2.05, 4.69) is 69.7 Å². The molecule has 3 aromatic rings. The first kappa shape index (κ1) is 18.4. The molecular formula is C22H24N2OS2. The van der Waals surface area contributed by atoms with E-state index < -0.39 is 0 Å². The van der Waals surface area contributed by atoms with E-state index >= 15 is 0 Å². The SMILES string of the molecule is Cc1ccc(C(NC(=O)CN(Cc2ccsc2)C2CC2)c2cccs2)cc1. The number of amides is 1. The summed E-state index contributed by atoms with van der Waals surface area (Å²) in [6.07, 6.45) is 2.40. The molecule has 27 heavy (non-hydrogen) atoms. The minimum Gasteiger partial charge on any atom is -0.343 e. The molecule has 4 rings (SSSR count). The Morgan fingerprint density at radius 3 is 2.63 bits per heavy atom. The Morgan fingerprint density at radius 2 is 2.00 bits per heavy atom. The van der Waals surface area contributed by atoms with Gasteiger partial charge in [0.1, 0.15) is 0 Å². The zero-order chi connectivity index (χ0) is 18.6. The summed E-state index contributed by atoms with van der Waals surface area (Å²) in [7, 11) is 0. The summed E-state index contributed by atoms with van der Waals surface area (Å²) in [5.41, 5.74) is 3.66. The van der Waals surface area contributed by atoms with Crippen molar-refractivity contribution in [2.45, 2.75) is 38.4 Å². The molecule has 5 heteroatoms. The second kappa shape index (κ2) is 8.38. The second-order valence-corrected chi connectivity index (χ2v) is 8.95. The molecule has 1 fully saturated rings. The number of hydrogen-bond acceptors (Lipinski definition) is 4. The van der Waals surface area contributed by atoms with E-state index in [1.165, 1.54) is 28.8 Å². The van der Waals surface area contributed by atoms with E-state index in [0.717, 1.165) is 12.1 Å². The van der Waals surface area contributed by atoms with E-state index in [9.17, 15) is 4.79 Å². The van der Waals surface area contributed by atoms with Gasteiger partial charge in [0.05, 0.1) is 12.6 Å². The molecule has 0 aliphatic heterocycles. The Bertz CT molecular complexity index is 852. The van der Waals surface area contributed by atoms with Crippen LogP contribution in [0.15, 0.2) is 58.6 Å². The smallest absolute Gasteiger partial charge is 0.234 e. The Labute approximate surface area is 168 Å². The lowest BCUT2D eigenvalue weighted by molar-refractivity contribution is -0.123. The first-order chi connectivity index (χ1) is 13.2. The zero-order valence-electron chi connectivity index (χ0n) is 15.4. The Hall–Kier alpha value is -1.95. The van der Waals surface area contributed by atoms with Gasteiger partial charge in [-0.3, -0.25) is 9.69 Å². The van der Waals surface area contributed by atoms with E-state index in [1.54, 1.807) is 22.7 Å². The van der Waals surface area contributed by atoms with Gasteiger partial charge in [0, 0.05) is 17.5 Å². The van der Waals surface area contributed by atoms with Gasteiger partial charge >= 0.3 is 0 Å². The molecule has 0 radical (unpaired) electrons. The lowest BCUT2D eigenvalue weighted by Gasteiger charge is -2.24. The van der Waals surface area contributed by atoms with Gasteiger partial charge in [-0.15, -0.1) is 11.3 Å². The highest BCUT2D eigenvalue weighted by atomic mass is 32.1. The molecule has 1 unspecified atom stereocenters. The highest BCUT2D eigenvalue weighted by Gasteiger charge is 2.31. The predicted molar refractivity (Wildman–Crippen MR) is 113 cm³/mol. The van der Waals surface area contributed by atoms with Gasteiger partial charge in [-0.2, -0.15) is 11.3 Å². The summed E-state index contributed by atoms with van der Waals surface area (Å²) in [5.74, 6) is 0.0936.